The third-order valence-corrected chi connectivity index (χ3v) is 6.64. The Labute approximate surface area is 201 Å². The van der Waals surface area contributed by atoms with E-state index in [2.05, 4.69) is 38.5 Å². The van der Waals surface area contributed by atoms with Crippen LogP contribution in [0.1, 0.15) is 11.1 Å². The number of fused-ring (bicyclic) bond motifs is 2. The number of thiol groups is 1. The second-order valence-electron chi connectivity index (χ2n) is 8.49. The maximum absolute atomic E-state index is 13.3. The quantitative estimate of drug-likeness (QED) is 0.247. The molecule has 5 rings (SSSR count). The van der Waals surface area contributed by atoms with Crippen LogP contribution in [-0.2, 0) is 27.2 Å². The fraction of sp³-hybridized carbons (Fsp3) is 0.240. The minimum atomic E-state index is -0.848. The molecule has 34 heavy (non-hydrogen) atoms. The molecule has 8 nitrogen and oxygen atoms in total. The second-order valence-corrected chi connectivity index (χ2v) is 8.86. The summed E-state index contributed by atoms with van der Waals surface area (Å²) in [5, 5.41) is 10.4. The summed E-state index contributed by atoms with van der Waals surface area (Å²) < 4.78 is 0. The number of carbonyl (C=O) groups is 3. The van der Waals surface area contributed by atoms with E-state index in [0.29, 0.717) is 0 Å². The van der Waals surface area contributed by atoms with E-state index in [0.717, 1.165) is 32.9 Å². The number of carbonyl (C=O) groups excluding carboxylic acids is 3. The molecule has 0 aliphatic carbocycles. The lowest BCUT2D eigenvalue weighted by molar-refractivity contribution is -0.129. The molecule has 1 fully saturated rings. The zero-order chi connectivity index (χ0) is 23.7. The van der Waals surface area contributed by atoms with E-state index >= 15 is 0 Å². The van der Waals surface area contributed by atoms with Crippen LogP contribution in [0.4, 0.5) is 0 Å². The van der Waals surface area contributed by atoms with Crippen molar-refractivity contribution >= 4 is 52.2 Å². The summed E-state index contributed by atoms with van der Waals surface area (Å²) in [6.45, 7) is 0. The van der Waals surface area contributed by atoms with Crippen molar-refractivity contribution in [3.63, 3.8) is 0 Å². The molecule has 3 heterocycles. The van der Waals surface area contributed by atoms with Gasteiger partial charge in [0.2, 0.25) is 17.7 Å². The van der Waals surface area contributed by atoms with Gasteiger partial charge in [-0.15, -0.1) is 0 Å². The average molecular weight is 476 g/mol. The molecule has 3 atom stereocenters. The Morgan fingerprint density at radius 2 is 1.03 bits per heavy atom. The molecule has 5 N–H and O–H groups in total. The van der Waals surface area contributed by atoms with Gasteiger partial charge in [0.1, 0.15) is 18.1 Å². The summed E-state index contributed by atoms with van der Waals surface area (Å²) in [5.41, 5.74) is 3.72. The highest BCUT2D eigenvalue weighted by Crippen LogP contribution is 2.21. The van der Waals surface area contributed by atoms with Crippen molar-refractivity contribution in [2.75, 3.05) is 5.75 Å². The minimum absolute atomic E-state index is 0.116. The topological polar surface area (TPSA) is 119 Å². The van der Waals surface area contributed by atoms with Crippen LogP contribution in [0.3, 0.4) is 0 Å². The normalized spacial score (nSPS) is 21.4. The number of aromatic nitrogens is 2. The largest absolute Gasteiger partial charge is 0.361 e. The lowest BCUT2D eigenvalue weighted by atomic mass is 10.0. The fourth-order valence-corrected chi connectivity index (χ4v) is 4.73. The van der Waals surface area contributed by atoms with Crippen molar-refractivity contribution in [3.05, 3.63) is 72.1 Å². The van der Waals surface area contributed by atoms with Gasteiger partial charge in [0.15, 0.2) is 0 Å². The highest BCUT2D eigenvalue weighted by Gasteiger charge is 2.34. The van der Waals surface area contributed by atoms with Gasteiger partial charge in [-0.25, -0.2) is 0 Å². The zero-order valence-electron chi connectivity index (χ0n) is 18.3. The number of para-hydroxylation sites is 2. The van der Waals surface area contributed by atoms with Crippen LogP contribution in [0.25, 0.3) is 21.8 Å². The average Bonchev–Trinajstić information content (AvgIpc) is 3.45. The van der Waals surface area contributed by atoms with Crippen LogP contribution in [0.15, 0.2) is 60.9 Å². The molecule has 0 unspecified atom stereocenters. The first-order valence-corrected chi connectivity index (χ1v) is 11.8. The predicted octanol–water partition coefficient (Wildman–Crippen LogP) is 1.83. The van der Waals surface area contributed by atoms with E-state index in [1.165, 1.54) is 0 Å². The van der Waals surface area contributed by atoms with Gasteiger partial charge in [-0.1, -0.05) is 36.4 Å². The lowest BCUT2D eigenvalue weighted by Crippen LogP contribution is -2.52. The molecule has 0 saturated carbocycles. The molecule has 2 aromatic carbocycles. The van der Waals surface area contributed by atoms with E-state index in [4.69, 9.17) is 0 Å². The third kappa shape index (κ3) is 4.26. The van der Waals surface area contributed by atoms with E-state index in [1.54, 1.807) is 0 Å². The first kappa shape index (κ1) is 22.1. The summed E-state index contributed by atoms with van der Waals surface area (Å²) in [5.74, 6) is -1.14. The van der Waals surface area contributed by atoms with Crippen molar-refractivity contribution in [2.24, 2.45) is 0 Å². The van der Waals surface area contributed by atoms with Crippen LogP contribution in [-0.4, -0.2) is 51.6 Å². The zero-order valence-corrected chi connectivity index (χ0v) is 19.2. The van der Waals surface area contributed by atoms with Gasteiger partial charge in [0.25, 0.3) is 0 Å². The number of hydrogen-bond donors (Lipinski definition) is 6. The summed E-state index contributed by atoms with van der Waals surface area (Å²) >= 11 is 4.25. The molecule has 3 amide bonds. The summed E-state index contributed by atoms with van der Waals surface area (Å²) in [7, 11) is 0. The molecule has 1 saturated heterocycles. The standard InChI is InChI=1S/C25H25N5O3S/c31-23-20(9-14-11-26-18-7-3-1-5-16(14)18)29-25(33)22(13-34)30-24(32)21(28-23)10-15-12-27-19-8-4-2-6-17(15)19/h1-8,11-12,20-22,26-27,34H,9-10,13H2,(H,28,31)(H,29,33)(H,30,32)/t20-,21-,22-/m0/s1. The van der Waals surface area contributed by atoms with E-state index in [1.807, 2.05) is 60.9 Å². The number of amides is 3. The number of H-pyrrole nitrogens is 2. The first-order chi connectivity index (χ1) is 16.5. The molecule has 0 bridgehead atoms. The molecule has 1 aliphatic rings. The third-order valence-electron chi connectivity index (χ3n) is 6.28. The van der Waals surface area contributed by atoms with Crippen molar-refractivity contribution in [1.29, 1.82) is 0 Å². The highest BCUT2D eigenvalue weighted by molar-refractivity contribution is 7.80. The van der Waals surface area contributed by atoms with Crippen molar-refractivity contribution in [3.8, 4) is 0 Å². The maximum Gasteiger partial charge on any atom is 0.244 e. The predicted molar refractivity (Wildman–Crippen MR) is 134 cm³/mol. The molecule has 1 aliphatic heterocycles. The van der Waals surface area contributed by atoms with Crippen LogP contribution in [0, 0.1) is 0 Å². The van der Waals surface area contributed by atoms with Crippen molar-refractivity contribution in [1.82, 2.24) is 25.9 Å². The van der Waals surface area contributed by atoms with Gasteiger partial charge < -0.3 is 25.9 Å². The smallest absolute Gasteiger partial charge is 0.244 e. The second kappa shape index (κ2) is 9.26. The van der Waals surface area contributed by atoms with Crippen LogP contribution in [0.2, 0.25) is 0 Å². The minimum Gasteiger partial charge on any atom is -0.361 e. The van der Waals surface area contributed by atoms with E-state index in [9.17, 15) is 14.4 Å². The van der Waals surface area contributed by atoms with Gasteiger partial charge in [-0.3, -0.25) is 14.4 Å². The highest BCUT2D eigenvalue weighted by atomic mass is 32.1. The Bertz CT molecular complexity index is 1300. The van der Waals surface area contributed by atoms with Gasteiger partial charge >= 0.3 is 0 Å². The van der Waals surface area contributed by atoms with Crippen LogP contribution in [0.5, 0.6) is 0 Å². The molecule has 2 aromatic heterocycles. The monoisotopic (exact) mass is 475 g/mol. The Morgan fingerprint density at radius 1 is 0.618 bits per heavy atom. The summed E-state index contributed by atoms with van der Waals surface area (Å²) in [6.07, 6.45) is 4.27. The van der Waals surface area contributed by atoms with Crippen molar-refractivity contribution in [2.45, 2.75) is 31.0 Å². The Kier molecular flexibility index (Phi) is 6.02. The van der Waals surface area contributed by atoms with Crippen LogP contribution < -0.4 is 16.0 Å². The SMILES string of the molecule is O=C1N[C@@H](Cc2c[nH]c3ccccc23)C(=O)N[C@@H](Cc2c[nH]c3ccccc23)C(=O)N[C@H]1CS. The Hall–Kier alpha value is -3.72. The lowest BCUT2D eigenvalue weighted by Gasteiger charge is -2.20. The number of aromatic amines is 2. The first-order valence-electron chi connectivity index (χ1n) is 11.2. The molecule has 9 heteroatoms. The molecule has 0 radical (unpaired) electrons. The fourth-order valence-electron chi connectivity index (χ4n) is 4.47. The number of hydrogen-bond acceptors (Lipinski definition) is 4. The summed E-state index contributed by atoms with van der Waals surface area (Å²) in [6, 6.07) is 13.0. The molecule has 4 aromatic rings. The molecular weight excluding hydrogens is 450 g/mol. The molecular formula is C25H25N5O3S. The summed E-state index contributed by atoms with van der Waals surface area (Å²) in [4.78, 5) is 45.7. The van der Waals surface area contributed by atoms with Gasteiger partial charge in [0.05, 0.1) is 0 Å². The molecule has 0 spiro atoms. The van der Waals surface area contributed by atoms with Gasteiger partial charge in [0, 0.05) is 52.8 Å². The van der Waals surface area contributed by atoms with Gasteiger partial charge in [-0.2, -0.15) is 12.6 Å². The van der Waals surface area contributed by atoms with Gasteiger partial charge in [-0.05, 0) is 23.3 Å². The van der Waals surface area contributed by atoms with Crippen LogP contribution >= 0.6 is 12.6 Å². The maximum atomic E-state index is 13.3. The van der Waals surface area contributed by atoms with E-state index in [-0.39, 0.29) is 18.6 Å². The number of rotatable bonds is 5. The van der Waals surface area contributed by atoms with Crippen molar-refractivity contribution < 1.29 is 14.4 Å². The van der Waals surface area contributed by atoms with E-state index < -0.39 is 35.8 Å². The molecule has 174 valence electrons. The Balaban J connectivity index is 1.44. The number of nitrogens with one attached hydrogen (secondary N) is 5. The Morgan fingerprint density at radius 3 is 1.50 bits per heavy atom. The number of benzene rings is 2.